The Hall–Kier alpha value is -3.00. The van der Waals surface area contributed by atoms with Crippen LogP contribution in [0.3, 0.4) is 0 Å². The van der Waals surface area contributed by atoms with E-state index in [-0.39, 0.29) is 11.8 Å². The van der Waals surface area contributed by atoms with Gasteiger partial charge in [0.2, 0.25) is 5.91 Å². The van der Waals surface area contributed by atoms with Crippen molar-refractivity contribution in [2.75, 3.05) is 12.4 Å². The summed E-state index contributed by atoms with van der Waals surface area (Å²) in [6.45, 7) is 0.568. The molecule has 1 aliphatic carbocycles. The van der Waals surface area contributed by atoms with Crippen LogP contribution in [0.15, 0.2) is 30.6 Å². The first-order valence-electron chi connectivity index (χ1n) is 9.30. The van der Waals surface area contributed by atoms with Crippen LogP contribution in [0.2, 0.25) is 0 Å². The van der Waals surface area contributed by atoms with Gasteiger partial charge >= 0.3 is 0 Å². The van der Waals surface area contributed by atoms with E-state index in [1.165, 1.54) is 0 Å². The van der Waals surface area contributed by atoms with E-state index in [0.717, 1.165) is 56.2 Å². The van der Waals surface area contributed by atoms with E-state index in [2.05, 4.69) is 32.7 Å². The first kappa shape index (κ1) is 17.1. The minimum atomic E-state index is 0.168. The molecule has 5 rings (SSSR count). The standard InChI is InChI=1S/C20H20N6OS/c1-21-17-14-15(26(2)10-23-14)16-18(24-17)25-20(28-16)13-5-3-11(4-6-13)9-22-19(27)12-7-8-12/h3-6,10,12H,7-9H2,1-2H3,(H,21,24)(H,22,27). The van der Waals surface area contributed by atoms with Gasteiger partial charge < -0.3 is 15.2 Å². The van der Waals surface area contributed by atoms with Gasteiger partial charge in [0, 0.05) is 32.1 Å². The van der Waals surface area contributed by atoms with Crippen LogP contribution in [-0.2, 0) is 18.4 Å². The van der Waals surface area contributed by atoms with Crippen LogP contribution in [0.25, 0.3) is 32.0 Å². The van der Waals surface area contributed by atoms with Crippen LogP contribution in [0.5, 0.6) is 0 Å². The molecule has 0 unspecified atom stereocenters. The van der Waals surface area contributed by atoms with Gasteiger partial charge in [0.1, 0.15) is 15.2 Å². The molecule has 0 bridgehead atoms. The summed E-state index contributed by atoms with van der Waals surface area (Å²) in [5.74, 6) is 1.14. The topological polar surface area (TPSA) is 84.7 Å². The minimum absolute atomic E-state index is 0.168. The lowest BCUT2D eigenvalue weighted by molar-refractivity contribution is -0.122. The Kier molecular flexibility index (Phi) is 4.01. The van der Waals surface area contributed by atoms with E-state index >= 15 is 0 Å². The molecule has 4 aromatic rings. The largest absolute Gasteiger partial charge is 0.371 e. The van der Waals surface area contributed by atoms with Crippen LogP contribution >= 0.6 is 11.3 Å². The molecule has 1 saturated carbocycles. The maximum absolute atomic E-state index is 11.8. The molecule has 0 saturated heterocycles. The number of rotatable bonds is 5. The number of hydrogen-bond acceptors (Lipinski definition) is 6. The first-order valence-corrected chi connectivity index (χ1v) is 10.1. The zero-order valence-electron chi connectivity index (χ0n) is 15.7. The zero-order valence-corrected chi connectivity index (χ0v) is 16.5. The highest BCUT2D eigenvalue weighted by atomic mass is 32.1. The number of benzene rings is 1. The Morgan fingerprint density at radius 1 is 1.25 bits per heavy atom. The number of carbonyl (C=O) groups is 1. The van der Waals surface area contributed by atoms with Gasteiger partial charge in [-0.25, -0.2) is 15.0 Å². The highest BCUT2D eigenvalue weighted by Gasteiger charge is 2.29. The van der Waals surface area contributed by atoms with Crippen LogP contribution in [0.4, 0.5) is 5.82 Å². The second kappa shape index (κ2) is 6.56. The quantitative estimate of drug-likeness (QED) is 0.544. The maximum Gasteiger partial charge on any atom is 0.223 e. The Morgan fingerprint density at radius 3 is 2.75 bits per heavy atom. The number of thiazole rings is 1. The summed E-state index contributed by atoms with van der Waals surface area (Å²) in [5.41, 5.74) is 4.75. The molecule has 1 aliphatic rings. The monoisotopic (exact) mass is 392 g/mol. The van der Waals surface area contributed by atoms with E-state index in [1.54, 1.807) is 17.7 Å². The van der Waals surface area contributed by atoms with E-state index in [4.69, 9.17) is 4.98 Å². The molecular weight excluding hydrogens is 372 g/mol. The van der Waals surface area contributed by atoms with Crippen molar-refractivity contribution in [1.29, 1.82) is 0 Å². The number of fused-ring (bicyclic) bond motifs is 3. The molecular formula is C20H20N6OS. The molecule has 3 aromatic heterocycles. The molecule has 1 amide bonds. The highest BCUT2D eigenvalue weighted by Crippen LogP contribution is 2.36. The van der Waals surface area contributed by atoms with Crippen molar-refractivity contribution >= 4 is 44.4 Å². The summed E-state index contributed by atoms with van der Waals surface area (Å²) in [6, 6.07) is 8.19. The molecule has 0 radical (unpaired) electrons. The fourth-order valence-electron chi connectivity index (χ4n) is 3.31. The summed E-state index contributed by atoms with van der Waals surface area (Å²) < 4.78 is 3.04. The van der Waals surface area contributed by atoms with Gasteiger partial charge in [-0.3, -0.25) is 4.79 Å². The fraction of sp³-hybridized carbons (Fsp3) is 0.300. The molecule has 7 nitrogen and oxygen atoms in total. The number of nitrogens with one attached hydrogen (secondary N) is 2. The molecule has 0 atom stereocenters. The first-order chi connectivity index (χ1) is 13.6. The van der Waals surface area contributed by atoms with Crippen LogP contribution in [-0.4, -0.2) is 32.5 Å². The number of nitrogens with zero attached hydrogens (tertiary/aromatic N) is 4. The minimum Gasteiger partial charge on any atom is -0.371 e. The van der Waals surface area contributed by atoms with E-state index in [9.17, 15) is 4.79 Å². The van der Waals surface area contributed by atoms with Crippen LogP contribution in [0, 0.1) is 5.92 Å². The van der Waals surface area contributed by atoms with Crippen LogP contribution < -0.4 is 10.6 Å². The molecule has 2 N–H and O–H groups in total. The van der Waals surface area contributed by atoms with Crippen molar-refractivity contribution in [1.82, 2.24) is 24.8 Å². The fourth-order valence-corrected chi connectivity index (χ4v) is 4.41. The molecule has 28 heavy (non-hydrogen) atoms. The van der Waals surface area contributed by atoms with Crippen molar-refractivity contribution < 1.29 is 4.79 Å². The van der Waals surface area contributed by atoms with Crippen molar-refractivity contribution in [3.8, 4) is 10.6 Å². The summed E-state index contributed by atoms with van der Waals surface area (Å²) in [4.78, 5) is 25.6. The Balaban J connectivity index is 1.46. The van der Waals surface area contributed by atoms with Gasteiger partial charge in [-0.1, -0.05) is 24.3 Å². The van der Waals surface area contributed by atoms with Crippen molar-refractivity contribution in [3.63, 3.8) is 0 Å². The van der Waals surface area contributed by atoms with Crippen molar-refractivity contribution in [2.24, 2.45) is 13.0 Å². The predicted molar refractivity (Wildman–Crippen MR) is 111 cm³/mol. The van der Waals surface area contributed by atoms with Gasteiger partial charge in [-0.2, -0.15) is 0 Å². The Morgan fingerprint density at radius 2 is 2.04 bits per heavy atom. The third-order valence-corrected chi connectivity index (χ3v) is 6.16. The number of carbonyl (C=O) groups excluding carboxylic acids is 1. The molecule has 0 spiro atoms. The van der Waals surface area contributed by atoms with Gasteiger partial charge in [0.25, 0.3) is 0 Å². The number of imidazole rings is 1. The van der Waals surface area contributed by atoms with Crippen LogP contribution in [0.1, 0.15) is 18.4 Å². The number of hydrogen-bond donors (Lipinski definition) is 2. The normalized spacial score (nSPS) is 13.9. The lowest BCUT2D eigenvalue weighted by Crippen LogP contribution is -2.24. The van der Waals surface area contributed by atoms with Gasteiger partial charge in [-0.15, -0.1) is 11.3 Å². The second-order valence-electron chi connectivity index (χ2n) is 7.12. The number of aryl methyl sites for hydroxylation is 1. The highest BCUT2D eigenvalue weighted by molar-refractivity contribution is 7.22. The van der Waals surface area contributed by atoms with E-state index in [1.807, 2.05) is 30.8 Å². The van der Waals surface area contributed by atoms with Crippen molar-refractivity contribution in [2.45, 2.75) is 19.4 Å². The molecule has 142 valence electrons. The van der Waals surface area contributed by atoms with Gasteiger partial charge in [0.15, 0.2) is 11.5 Å². The smallest absolute Gasteiger partial charge is 0.223 e. The number of pyridine rings is 1. The van der Waals surface area contributed by atoms with Gasteiger partial charge in [-0.05, 0) is 18.4 Å². The summed E-state index contributed by atoms with van der Waals surface area (Å²) in [5, 5.41) is 7.03. The van der Waals surface area contributed by atoms with Crippen molar-refractivity contribution in [3.05, 3.63) is 36.2 Å². The SMILES string of the molecule is CNc1nc2nc(-c3ccc(CNC(=O)C4CC4)cc3)sc2c2c1ncn2C. The lowest BCUT2D eigenvalue weighted by Gasteiger charge is -2.05. The second-order valence-corrected chi connectivity index (χ2v) is 8.12. The number of aromatic nitrogens is 4. The third kappa shape index (κ3) is 2.90. The molecule has 8 heteroatoms. The Labute approximate surface area is 165 Å². The molecule has 0 aliphatic heterocycles. The molecule has 1 aromatic carbocycles. The maximum atomic E-state index is 11.8. The average molecular weight is 392 g/mol. The Bertz CT molecular complexity index is 1190. The average Bonchev–Trinajstić information content (AvgIpc) is 3.37. The van der Waals surface area contributed by atoms with E-state index in [0.29, 0.717) is 6.54 Å². The third-order valence-electron chi connectivity index (χ3n) is 5.06. The summed E-state index contributed by atoms with van der Waals surface area (Å²) in [6.07, 6.45) is 3.85. The molecule has 3 heterocycles. The number of anilines is 1. The predicted octanol–water partition coefficient (Wildman–Crippen LogP) is 3.31. The summed E-state index contributed by atoms with van der Waals surface area (Å²) in [7, 11) is 3.83. The zero-order chi connectivity index (χ0) is 19.3. The van der Waals surface area contributed by atoms with Gasteiger partial charge in [0.05, 0.1) is 11.8 Å². The number of amides is 1. The molecule has 1 fully saturated rings. The lowest BCUT2D eigenvalue weighted by atomic mass is 10.1. The summed E-state index contributed by atoms with van der Waals surface area (Å²) >= 11 is 1.62. The van der Waals surface area contributed by atoms with E-state index < -0.39 is 0 Å².